The smallest absolute Gasteiger partial charge is 0.337 e. The highest BCUT2D eigenvalue weighted by atomic mass is 16.5. The number of nitrogens with zero attached hydrogens (tertiary/aromatic N) is 2. The highest BCUT2D eigenvalue weighted by Gasteiger charge is 2.45. The first kappa shape index (κ1) is 20.3. The maximum absolute atomic E-state index is 12.9. The van der Waals surface area contributed by atoms with Gasteiger partial charge in [-0.15, -0.1) is 0 Å². The summed E-state index contributed by atoms with van der Waals surface area (Å²) in [6, 6.07) is 7.99. The minimum atomic E-state index is -1.02. The van der Waals surface area contributed by atoms with Gasteiger partial charge in [0, 0.05) is 22.6 Å². The van der Waals surface area contributed by atoms with Crippen molar-refractivity contribution >= 4 is 23.7 Å². The summed E-state index contributed by atoms with van der Waals surface area (Å²) < 4.78 is 6.58. The molecule has 8 heteroatoms. The van der Waals surface area contributed by atoms with Crippen LogP contribution in [-0.4, -0.2) is 52.4 Å². The molecule has 3 rings (SSSR count). The van der Waals surface area contributed by atoms with E-state index in [9.17, 15) is 19.2 Å². The van der Waals surface area contributed by atoms with E-state index in [1.807, 2.05) is 11.5 Å². The van der Waals surface area contributed by atoms with Gasteiger partial charge in [0.1, 0.15) is 5.54 Å². The summed E-state index contributed by atoms with van der Waals surface area (Å²) in [6.07, 6.45) is 0. The molecule has 2 aromatic rings. The van der Waals surface area contributed by atoms with Crippen LogP contribution in [0.25, 0.3) is 5.69 Å². The Bertz CT molecular complexity index is 1020. The van der Waals surface area contributed by atoms with Crippen LogP contribution in [0.1, 0.15) is 46.0 Å². The van der Waals surface area contributed by atoms with E-state index in [-0.39, 0.29) is 12.3 Å². The van der Waals surface area contributed by atoms with Crippen LogP contribution in [0.3, 0.4) is 0 Å². The molecule has 1 aliphatic heterocycles. The van der Waals surface area contributed by atoms with Gasteiger partial charge in [0.25, 0.3) is 5.91 Å². The van der Waals surface area contributed by atoms with Crippen molar-refractivity contribution in [3.63, 3.8) is 0 Å². The van der Waals surface area contributed by atoms with Crippen molar-refractivity contribution in [1.29, 1.82) is 0 Å². The Balaban J connectivity index is 1.88. The Morgan fingerprint density at radius 1 is 1.10 bits per heavy atom. The van der Waals surface area contributed by atoms with Gasteiger partial charge in [-0.3, -0.25) is 14.5 Å². The van der Waals surface area contributed by atoms with Crippen molar-refractivity contribution in [2.45, 2.75) is 33.2 Å². The lowest BCUT2D eigenvalue weighted by atomic mass is 10.1. The van der Waals surface area contributed by atoms with E-state index in [2.05, 4.69) is 5.32 Å². The van der Waals surface area contributed by atoms with Crippen molar-refractivity contribution in [1.82, 2.24) is 14.8 Å². The van der Waals surface area contributed by atoms with Crippen LogP contribution in [0.15, 0.2) is 30.3 Å². The van der Waals surface area contributed by atoms with E-state index in [4.69, 9.17) is 4.74 Å². The summed E-state index contributed by atoms with van der Waals surface area (Å²) in [5, 5.41) is 2.57. The summed E-state index contributed by atoms with van der Waals surface area (Å²) >= 11 is 0. The van der Waals surface area contributed by atoms with Gasteiger partial charge in [-0.2, -0.15) is 0 Å². The lowest BCUT2D eigenvalue weighted by molar-refractivity contribution is -0.129. The summed E-state index contributed by atoms with van der Waals surface area (Å²) in [5.41, 5.74) is 2.12. The van der Waals surface area contributed by atoms with Gasteiger partial charge in [-0.25, -0.2) is 9.59 Å². The largest absolute Gasteiger partial charge is 0.465 e. The first-order valence-corrected chi connectivity index (χ1v) is 9.12. The molecule has 0 spiro atoms. The molecule has 0 bridgehead atoms. The third-order valence-electron chi connectivity index (χ3n) is 5.02. The van der Waals surface area contributed by atoms with Crippen LogP contribution < -0.4 is 5.32 Å². The second kappa shape index (κ2) is 7.20. The molecule has 1 aromatic heterocycles. The number of esters is 1. The molecule has 2 heterocycles. The van der Waals surface area contributed by atoms with E-state index >= 15 is 0 Å². The number of methoxy groups -OCH3 is 1. The van der Waals surface area contributed by atoms with E-state index in [0.29, 0.717) is 16.8 Å². The Morgan fingerprint density at radius 3 is 2.24 bits per heavy atom. The zero-order valence-corrected chi connectivity index (χ0v) is 17.0. The van der Waals surface area contributed by atoms with Gasteiger partial charge >= 0.3 is 12.0 Å². The lowest BCUT2D eigenvalue weighted by Gasteiger charge is -2.15. The highest BCUT2D eigenvalue weighted by molar-refractivity contribution is 6.11. The van der Waals surface area contributed by atoms with E-state index in [1.54, 1.807) is 51.1 Å². The third-order valence-corrected chi connectivity index (χ3v) is 5.02. The fraction of sp³-hybridized carbons (Fsp3) is 0.333. The van der Waals surface area contributed by atoms with Crippen LogP contribution in [0.5, 0.6) is 0 Å². The van der Waals surface area contributed by atoms with Gasteiger partial charge in [0.05, 0.1) is 19.2 Å². The second-order valence-corrected chi connectivity index (χ2v) is 7.53. The predicted molar refractivity (Wildman–Crippen MR) is 105 cm³/mol. The molecule has 0 atom stereocenters. The SMILES string of the molecule is COC(=O)c1ccc(-n2c(C)cc(C(=O)CN3C(=O)NC(C)(C)C3=O)c2C)cc1. The van der Waals surface area contributed by atoms with Crippen molar-refractivity contribution in [3.05, 3.63) is 52.8 Å². The molecule has 0 aliphatic carbocycles. The number of hydrogen-bond donors (Lipinski definition) is 1. The van der Waals surface area contributed by atoms with Gasteiger partial charge in [-0.05, 0) is 58.0 Å². The average Bonchev–Trinajstić information content (AvgIpc) is 3.07. The van der Waals surface area contributed by atoms with Gasteiger partial charge in [0.15, 0.2) is 5.78 Å². The number of amides is 3. The number of aryl methyl sites for hydroxylation is 1. The fourth-order valence-electron chi connectivity index (χ4n) is 3.50. The zero-order chi connectivity index (χ0) is 21.5. The van der Waals surface area contributed by atoms with E-state index < -0.39 is 23.4 Å². The predicted octanol–water partition coefficient (Wildman–Crippen LogP) is 2.39. The Hall–Kier alpha value is -3.42. The minimum absolute atomic E-state index is 0.320. The number of hydrogen-bond acceptors (Lipinski definition) is 5. The molecule has 8 nitrogen and oxygen atoms in total. The first-order valence-electron chi connectivity index (χ1n) is 9.12. The molecule has 1 aliphatic rings. The molecule has 1 aromatic carbocycles. The number of ketones is 1. The molecule has 1 saturated heterocycles. The molecule has 29 heavy (non-hydrogen) atoms. The Labute approximate surface area is 168 Å². The maximum Gasteiger partial charge on any atom is 0.337 e. The monoisotopic (exact) mass is 397 g/mol. The molecule has 152 valence electrons. The molecule has 0 saturated carbocycles. The number of benzene rings is 1. The molecule has 3 amide bonds. The molecule has 1 N–H and O–H groups in total. The van der Waals surface area contributed by atoms with Crippen molar-refractivity contribution < 1.29 is 23.9 Å². The van der Waals surface area contributed by atoms with Crippen LogP contribution in [0, 0.1) is 13.8 Å². The summed E-state index contributed by atoms with van der Waals surface area (Å²) in [6.45, 7) is 6.53. The average molecular weight is 397 g/mol. The normalized spacial score (nSPS) is 15.4. The van der Waals surface area contributed by atoms with E-state index in [1.165, 1.54) is 7.11 Å². The summed E-state index contributed by atoms with van der Waals surface area (Å²) in [5.74, 6) is -1.18. The number of carbonyl (C=O) groups is 4. The quantitative estimate of drug-likeness (QED) is 0.475. The van der Waals surface area contributed by atoms with Crippen LogP contribution in [0.4, 0.5) is 4.79 Å². The first-order chi connectivity index (χ1) is 13.6. The van der Waals surface area contributed by atoms with Crippen LogP contribution in [-0.2, 0) is 9.53 Å². The number of imide groups is 1. The lowest BCUT2D eigenvalue weighted by Crippen LogP contribution is -2.41. The maximum atomic E-state index is 12.9. The fourth-order valence-corrected chi connectivity index (χ4v) is 3.50. The van der Waals surface area contributed by atoms with Gasteiger partial charge in [-0.1, -0.05) is 0 Å². The number of rotatable bonds is 5. The Morgan fingerprint density at radius 2 is 1.72 bits per heavy atom. The minimum Gasteiger partial charge on any atom is -0.465 e. The molecule has 1 fully saturated rings. The van der Waals surface area contributed by atoms with Crippen LogP contribution in [0.2, 0.25) is 0 Å². The zero-order valence-electron chi connectivity index (χ0n) is 17.0. The number of urea groups is 1. The Kier molecular flexibility index (Phi) is 5.04. The third kappa shape index (κ3) is 3.53. The number of ether oxygens (including phenoxy) is 1. The second-order valence-electron chi connectivity index (χ2n) is 7.53. The summed E-state index contributed by atoms with van der Waals surface area (Å²) in [7, 11) is 1.32. The number of Topliss-reactive ketones (excluding diaryl/α,β-unsaturated/α-hetero) is 1. The van der Waals surface area contributed by atoms with Crippen LogP contribution >= 0.6 is 0 Å². The molecule has 0 radical (unpaired) electrons. The topological polar surface area (TPSA) is 97.7 Å². The standard InChI is InChI=1S/C21H23N3O5/c1-12-10-16(17(25)11-23-19(27)21(3,4)22-20(23)28)13(2)24(12)15-8-6-14(7-9-15)18(26)29-5/h6-10H,11H2,1-5H3,(H,22,28). The van der Waals surface area contributed by atoms with E-state index in [0.717, 1.165) is 16.3 Å². The molecular weight excluding hydrogens is 374 g/mol. The number of aromatic nitrogens is 1. The van der Waals surface area contributed by atoms with Crippen molar-refractivity contribution in [2.75, 3.05) is 13.7 Å². The number of carbonyl (C=O) groups excluding carboxylic acids is 4. The van der Waals surface area contributed by atoms with Gasteiger partial charge in [0.2, 0.25) is 0 Å². The summed E-state index contributed by atoms with van der Waals surface area (Å²) in [4.78, 5) is 49.8. The van der Waals surface area contributed by atoms with Gasteiger partial charge < -0.3 is 14.6 Å². The number of nitrogens with one attached hydrogen (secondary N) is 1. The molecular formula is C21H23N3O5. The molecule has 0 unspecified atom stereocenters. The highest BCUT2D eigenvalue weighted by Crippen LogP contribution is 2.23. The van der Waals surface area contributed by atoms with Crippen molar-refractivity contribution in [2.24, 2.45) is 0 Å². The van der Waals surface area contributed by atoms with Crippen molar-refractivity contribution in [3.8, 4) is 5.69 Å².